The van der Waals surface area contributed by atoms with Gasteiger partial charge in [0.05, 0.1) is 0 Å². The van der Waals surface area contributed by atoms with Crippen LogP contribution in [-0.2, 0) is 0 Å². The maximum atomic E-state index is 3.52. The van der Waals surface area contributed by atoms with E-state index < -0.39 is 0 Å². The van der Waals surface area contributed by atoms with Crippen LogP contribution in [-0.4, -0.2) is 4.83 Å². The van der Waals surface area contributed by atoms with Crippen molar-refractivity contribution >= 4 is 31.9 Å². The molecule has 1 unspecified atom stereocenters. The predicted molar refractivity (Wildman–Crippen MR) is 48.1 cm³/mol. The molecule has 0 radical (unpaired) electrons. The minimum atomic E-state index is 0.525. The summed E-state index contributed by atoms with van der Waals surface area (Å²) >= 11 is 6.95. The predicted octanol–water partition coefficient (Wildman–Crippen LogP) is 3.38. The van der Waals surface area contributed by atoms with Gasteiger partial charge in [-0.05, 0) is 19.4 Å². The quantitative estimate of drug-likeness (QED) is 0.579. The van der Waals surface area contributed by atoms with Crippen LogP contribution >= 0.6 is 31.9 Å². The summed E-state index contributed by atoms with van der Waals surface area (Å²) in [6, 6.07) is 0. The van der Waals surface area contributed by atoms with E-state index in [0.717, 1.165) is 6.42 Å². The number of rotatable bonds is 0. The lowest BCUT2D eigenvalue weighted by atomic mass is 10.1. The van der Waals surface area contributed by atoms with Gasteiger partial charge in [-0.2, -0.15) is 0 Å². The van der Waals surface area contributed by atoms with E-state index in [1.807, 2.05) is 0 Å². The van der Waals surface area contributed by atoms with E-state index in [1.54, 1.807) is 0 Å². The Bertz CT molecular complexity index is 168. The molecule has 0 spiro atoms. The third-order valence-electron chi connectivity index (χ3n) is 1.24. The number of hydrogen-bond donors (Lipinski definition) is 0. The molecule has 9 heavy (non-hydrogen) atoms. The second-order valence-electron chi connectivity index (χ2n) is 2.26. The molecule has 0 aromatic carbocycles. The number of halogens is 2. The molecule has 0 saturated heterocycles. The molecule has 0 bridgehead atoms. The summed E-state index contributed by atoms with van der Waals surface area (Å²) in [6.07, 6.45) is 5.44. The van der Waals surface area contributed by atoms with Gasteiger partial charge >= 0.3 is 0 Å². The van der Waals surface area contributed by atoms with Crippen molar-refractivity contribution in [1.82, 2.24) is 0 Å². The molecule has 1 atom stereocenters. The van der Waals surface area contributed by atoms with Crippen molar-refractivity contribution in [2.45, 2.75) is 18.2 Å². The molecule has 0 aromatic heterocycles. The zero-order chi connectivity index (χ0) is 6.85. The molecule has 0 amide bonds. The summed E-state index contributed by atoms with van der Waals surface area (Å²) in [5.74, 6) is 0. The first-order valence-electron chi connectivity index (χ1n) is 2.87. The van der Waals surface area contributed by atoms with E-state index in [0.29, 0.717) is 4.83 Å². The van der Waals surface area contributed by atoms with Crippen LogP contribution < -0.4 is 0 Å². The Labute approximate surface area is 72.3 Å². The lowest BCUT2D eigenvalue weighted by molar-refractivity contribution is 0.990. The van der Waals surface area contributed by atoms with Crippen LogP contribution in [0.5, 0.6) is 0 Å². The summed E-state index contributed by atoms with van der Waals surface area (Å²) in [7, 11) is 0. The molecule has 0 saturated carbocycles. The van der Waals surface area contributed by atoms with E-state index in [4.69, 9.17) is 0 Å². The first kappa shape index (κ1) is 7.55. The number of alkyl halides is 1. The molecule has 2 heteroatoms. The summed E-state index contributed by atoms with van der Waals surface area (Å²) < 4.78 is 1.19. The van der Waals surface area contributed by atoms with Crippen molar-refractivity contribution in [3.05, 3.63) is 22.2 Å². The Morgan fingerprint density at radius 1 is 1.67 bits per heavy atom. The summed E-state index contributed by atoms with van der Waals surface area (Å²) in [4.78, 5) is 0.525. The van der Waals surface area contributed by atoms with Crippen molar-refractivity contribution in [3.63, 3.8) is 0 Å². The van der Waals surface area contributed by atoms with Gasteiger partial charge in [-0.3, -0.25) is 0 Å². The molecule has 50 valence electrons. The summed E-state index contributed by atoms with van der Waals surface area (Å²) in [5.41, 5.74) is 1.42. The maximum absolute atomic E-state index is 3.52. The molecule has 0 nitrogen and oxygen atoms in total. The highest BCUT2D eigenvalue weighted by molar-refractivity contribution is 9.12. The van der Waals surface area contributed by atoms with Crippen molar-refractivity contribution in [1.29, 1.82) is 0 Å². The Morgan fingerprint density at radius 3 is 2.78 bits per heavy atom. The smallest absolute Gasteiger partial charge is 0.0376 e. The van der Waals surface area contributed by atoms with Gasteiger partial charge in [0.15, 0.2) is 0 Å². The average Bonchev–Trinajstić information content (AvgIpc) is 1.59. The lowest BCUT2D eigenvalue weighted by Gasteiger charge is -2.10. The van der Waals surface area contributed by atoms with E-state index in [2.05, 4.69) is 50.9 Å². The highest BCUT2D eigenvalue weighted by Gasteiger charge is 2.06. The van der Waals surface area contributed by atoms with Gasteiger partial charge < -0.3 is 0 Å². The number of hydrogen-bond acceptors (Lipinski definition) is 0. The largest absolute Gasteiger partial charge is 0.0841 e. The minimum absolute atomic E-state index is 0.525. The van der Waals surface area contributed by atoms with Crippen LogP contribution in [0.2, 0.25) is 0 Å². The van der Waals surface area contributed by atoms with Crippen molar-refractivity contribution < 1.29 is 0 Å². The van der Waals surface area contributed by atoms with Gasteiger partial charge in [-0.15, -0.1) is 0 Å². The van der Waals surface area contributed by atoms with Gasteiger partial charge in [0.25, 0.3) is 0 Å². The maximum Gasteiger partial charge on any atom is 0.0376 e. The number of allylic oxidation sites excluding steroid dienone is 4. The van der Waals surface area contributed by atoms with Gasteiger partial charge in [0.1, 0.15) is 0 Å². The van der Waals surface area contributed by atoms with Crippen LogP contribution in [0.15, 0.2) is 22.2 Å². The molecule has 1 aliphatic carbocycles. The molecule has 0 aliphatic heterocycles. The molecule has 0 N–H and O–H groups in total. The fraction of sp³-hybridized carbons (Fsp3) is 0.429. The molecular formula is C7H8Br2. The fourth-order valence-electron chi connectivity index (χ4n) is 0.882. The third-order valence-corrected chi connectivity index (χ3v) is 2.32. The van der Waals surface area contributed by atoms with Gasteiger partial charge in [0.2, 0.25) is 0 Å². The van der Waals surface area contributed by atoms with E-state index in [-0.39, 0.29) is 0 Å². The molecule has 1 aliphatic rings. The van der Waals surface area contributed by atoms with E-state index in [9.17, 15) is 0 Å². The van der Waals surface area contributed by atoms with Crippen molar-refractivity contribution in [2.75, 3.05) is 0 Å². The highest BCUT2D eigenvalue weighted by Crippen LogP contribution is 2.25. The third kappa shape index (κ3) is 2.26. The van der Waals surface area contributed by atoms with Crippen molar-refractivity contribution in [2.24, 2.45) is 0 Å². The topological polar surface area (TPSA) is 0 Å². The Balaban J connectivity index is 2.74. The Morgan fingerprint density at radius 2 is 2.33 bits per heavy atom. The lowest BCUT2D eigenvalue weighted by Crippen LogP contribution is -1.98. The molecular weight excluding hydrogens is 244 g/mol. The second-order valence-corrected chi connectivity index (χ2v) is 4.35. The van der Waals surface area contributed by atoms with Crippen LogP contribution in [0.3, 0.4) is 0 Å². The van der Waals surface area contributed by atoms with E-state index >= 15 is 0 Å². The Kier molecular flexibility index (Phi) is 2.53. The average molecular weight is 252 g/mol. The van der Waals surface area contributed by atoms with Crippen molar-refractivity contribution in [3.8, 4) is 0 Å². The Hall–Kier alpha value is 0.440. The molecule has 0 fully saturated rings. The van der Waals surface area contributed by atoms with Crippen LogP contribution in [0.4, 0.5) is 0 Å². The van der Waals surface area contributed by atoms with Crippen LogP contribution in [0.1, 0.15) is 13.3 Å². The first-order chi connectivity index (χ1) is 4.18. The zero-order valence-electron chi connectivity index (χ0n) is 5.20. The highest BCUT2D eigenvalue weighted by atomic mass is 79.9. The standard InChI is InChI=1S/C7H8Br2/c1-5-2-6(8)4-7(9)3-5/h2,4,7H,3H2,1H3. The normalized spacial score (nSPS) is 27.2. The van der Waals surface area contributed by atoms with Gasteiger partial charge in [-0.1, -0.05) is 43.5 Å². The molecule has 0 aromatic rings. The zero-order valence-corrected chi connectivity index (χ0v) is 8.37. The second kappa shape index (κ2) is 3.02. The summed E-state index contributed by atoms with van der Waals surface area (Å²) in [6.45, 7) is 2.14. The fourth-order valence-corrected chi connectivity index (χ4v) is 2.74. The minimum Gasteiger partial charge on any atom is -0.0841 e. The molecule has 0 heterocycles. The van der Waals surface area contributed by atoms with Crippen LogP contribution in [0.25, 0.3) is 0 Å². The monoisotopic (exact) mass is 250 g/mol. The van der Waals surface area contributed by atoms with Crippen LogP contribution in [0, 0.1) is 0 Å². The summed E-state index contributed by atoms with van der Waals surface area (Å²) in [5, 5.41) is 0. The SMILES string of the molecule is CC1=CC(Br)=CC(Br)C1. The van der Waals surface area contributed by atoms with Gasteiger partial charge in [-0.25, -0.2) is 0 Å². The first-order valence-corrected chi connectivity index (χ1v) is 4.58. The van der Waals surface area contributed by atoms with Gasteiger partial charge in [0, 0.05) is 9.31 Å². The molecule has 1 rings (SSSR count). The van der Waals surface area contributed by atoms with E-state index in [1.165, 1.54) is 10.1 Å².